The van der Waals surface area contributed by atoms with E-state index in [4.69, 9.17) is 5.73 Å². The SMILES string of the molecule is Cc1ccc(CN(C)C(=O)c2csc(CN)n2)cc1.Cl. The largest absolute Gasteiger partial charge is 0.336 e. The lowest BCUT2D eigenvalue weighted by Gasteiger charge is -2.16. The Hall–Kier alpha value is -1.43. The average molecular weight is 312 g/mol. The summed E-state index contributed by atoms with van der Waals surface area (Å²) in [5.74, 6) is -0.0727. The maximum Gasteiger partial charge on any atom is 0.273 e. The zero-order valence-electron chi connectivity index (χ0n) is 11.5. The van der Waals surface area contributed by atoms with Crippen molar-refractivity contribution in [2.45, 2.75) is 20.0 Å². The summed E-state index contributed by atoms with van der Waals surface area (Å²) in [6.45, 7) is 3.00. The molecule has 0 saturated heterocycles. The minimum absolute atomic E-state index is 0. The van der Waals surface area contributed by atoms with Crippen LogP contribution in [0.25, 0.3) is 0 Å². The van der Waals surface area contributed by atoms with Crippen molar-refractivity contribution < 1.29 is 4.79 Å². The van der Waals surface area contributed by atoms with Crippen molar-refractivity contribution in [3.63, 3.8) is 0 Å². The minimum atomic E-state index is -0.0727. The standard InChI is InChI=1S/C14H17N3OS.ClH/c1-10-3-5-11(6-4-10)8-17(2)14(18)12-9-19-13(7-15)16-12;/h3-6,9H,7-8,15H2,1-2H3;1H. The maximum absolute atomic E-state index is 12.2. The van der Waals surface area contributed by atoms with Gasteiger partial charge in [-0.3, -0.25) is 4.79 Å². The predicted molar refractivity (Wildman–Crippen MR) is 84.2 cm³/mol. The Balaban J connectivity index is 0.00000200. The molecule has 108 valence electrons. The van der Waals surface area contributed by atoms with Gasteiger partial charge in [0.05, 0.1) is 0 Å². The monoisotopic (exact) mass is 311 g/mol. The van der Waals surface area contributed by atoms with Crippen molar-refractivity contribution in [2.24, 2.45) is 5.73 Å². The second kappa shape index (κ2) is 7.38. The van der Waals surface area contributed by atoms with Crippen LogP contribution in [0.3, 0.4) is 0 Å². The molecular formula is C14H18ClN3OS. The van der Waals surface area contributed by atoms with E-state index in [1.165, 1.54) is 16.9 Å². The first-order valence-corrected chi connectivity index (χ1v) is 6.93. The molecule has 0 aliphatic carbocycles. The predicted octanol–water partition coefficient (Wildman–Crippen LogP) is 2.60. The first-order chi connectivity index (χ1) is 9.10. The fraction of sp³-hybridized carbons (Fsp3) is 0.286. The van der Waals surface area contributed by atoms with Crippen LogP contribution < -0.4 is 5.73 Å². The molecule has 20 heavy (non-hydrogen) atoms. The van der Waals surface area contributed by atoms with Gasteiger partial charge < -0.3 is 10.6 Å². The van der Waals surface area contributed by atoms with Crippen LogP contribution in [0, 0.1) is 6.92 Å². The lowest BCUT2D eigenvalue weighted by Crippen LogP contribution is -2.26. The van der Waals surface area contributed by atoms with Crippen molar-refractivity contribution in [2.75, 3.05) is 7.05 Å². The second-order valence-electron chi connectivity index (χ2n) is 4.48. The van der Waals surface area contributed by atoms with Gasteiger partial charge in [0, 0.05) is 25.5 Å². The van der Waals surface area contributed by atoms with Crippen LogP contribution >= 0.6 is 23.7 Å². The number of carbonyl (C=O) groups excluding carboxylic acids is 1. The topological polar surface area (TPSA) is 59.2 Å². The Kier molecular flexibility index (Phi) is 6.13. The van der Waals surface area contributed by atoms with Crippen LogP contribution in [0.15, 0.2) is 29.6 Å². The summed E-state index contributed by atoms with van der Waals surface area (Å²) in [7, 11) is 1.78. The number of hydrogen-bond donors (Lipinski definition) is 1. The Bertz CT molecular complexity index is 568. The highest BCUT2D eigenvalue weighted by molar-refractivity contribution is 7.09. The lowest BCUT2D eigenvalue weighted by atomic mass is 10.1. The van der Waals surface area contributed by atoms with E-state index in [1.807, 2.05) is 31.2 Å². The third-order valence-corrected chi connectivity index (χ3v) is 3.70. The minimum Gasteiger partial charge on any atom is -0.336 e. The highest BCUT2D eigenvalue weighted by Crippen LogP contribution is 2.13. The molecule has 0 spiro atoms. The van der Waals surface area contributed by atoms with E-state index in [1.54, 1.807) is 17.3 Å². The zero-order valence-corrected chi connectivity index (χ0v) is 13.1. The van der Waals surface area contributed by atoms with Crippen LogP contribution in [-0.2, 0) is 13.1 Å². The Morgan fingerprint density at radius 2 is 2.00 bits per heavy atom. The van der Waals surface area contributed by atoms with Crippen molar-refractivity contribution in [1.82, 2.24) is 9.88 Å². The average Bonchev–Trinajstić information content (AvgIpc) is 2.89. The van der Waals surface area contributed by atoms with Crippen molar-refractivity contribution in [3.8, 4) is 0 Å². The van der Waals surface area contributed by atoms with E-state index in [-0.39, 0.29) is 18.3 Å². The number of rotatable bonds is 4. The molecule has 6 heteroatoms. The number of nitrogens with two attached hydrogens (primary N) is 1. The van der Waals surface area contributed by atoms with Crippen molar-refractivity contribution in [1.29, 1.82) is 0 Å². The summed E-state index contributed by atoms with van der Waals surface area (Å²) < 4.78 is 0. The normalized spacial score (nSPS) is 9.95. The molecule has 4 nitrogen and oxygen atoms in total. The Labute approximate surface area is 129 Å². The summed E-state index contributed by atoms with van der Waals surface area (Å²) in [4.78, 5) is 18.0. The summed E-state index contributed by atoms with van der Waals surface area (Å²) in [6.07, 6.45) is 0. The number of thiazole rings is 1. The lowest BCUT2D eigenvalue weighted by molar-refractivity contribution is 0.0780. The summed E-state index contributed by atoms with van der Waals surface area (Å²) in [5.41, 5.74) is 8.29. The molecule has 0 radical (unpaired) electrons. The van der Waals surface area contributed by atoms with Gasteiger partial charge in [-0.2, -0.15) is 0 Å². The van der Waals surface area contributed by atoms with Gasteiger partial charge in [0.15, 0.2) is 0 Å². The number of benzene rings is 1. The molecule has 2 aromatic rings. The fourth-order valence-electron chi connectivity index (χ4n) is 1.74. The summed E-state index contributed by atoms with van der Waals surface area (Å²) >= 11 is 1.42. The zero-order chi connectivity index (χ0) is 13.8. The molecule has 0 aliphatic rings. The molecule has 0 atom stereocenters. The van der Waals surface area contributed by atoms with Gasteiger partial charge in [-0.1, -0.05) is 29.8 Å². The second-order valence-corrected chi connectivity index (χ2v) is 5.42. The van der Waals surface area contributed by atoms with Gasteiger partial charge in [0.25, 0.3) is 5.91 Å². The van der Waals surface area contributed by atoms with E-state index in [2.05, 4.69) is 4.98 Å². The smallest absolute Gasteiger partial charge is 0.273 e. The van der Waals surface area contributed by atoms with Crippen molar-refractivity contribution >= 4 is 29.7 Å². The molecule has 1 aromatic heterocycles. The quantitative estimate of drug-likeness (QED) is 0.944. The van der Waals surface area contributed by atoms with Crippen LogP contribution in [0.1, 0.15) is 26.6 Å². The summed E-state index contributed by atoms with van der Waals surface area (Å²) in [5, 5.41) is 2.54. The number of amides is 1. The first kappa shape index (κ1) is 16.6. The number of aryl methyl sites for hydroxylation is 1. The fourth-order valence-corrected chi connectivity index (χ4v) is 2.39. The Morgan fingerprint density at radius 3 is 2.55 bits per heavy atom. The van der Waals surface area contributed by atoms with Crippen molar-refractivity contribution in [3.05, 3.63) is 51.5 Å². The van der Waals surface area contributed by atoms with Crippen LogP contribution in [0.5, 0.6) is 0 Å². The number of halogens is 1. The van der Waals surface area contributed by atoms with Gasteiger partial charge >= 0.3 is 0 Å². The first-order valence-electron chi connectivity index (χ1n) is 6.05. The number of hydrogen-bond acceptors (Lipinski definition) is 4. The Morgan fingerprint density at radius 1 is 1.35 bits per heavy atom. The van der Waals surface area contributed by atoms with Gasteiger partial charge in [-0.25, -0.2) is 4.98 Å². The molecule has 0 saturated carbocycles. The van der Waals surface area contributed by atoms with Crippen LogP contribution in [-0.4, -0.2) is 22.8 Å². The third kappa shape index (κ3) is 4.03. The van der Waals surface area contributed by atoms with E-state index < -0.39 is 0 Å². The third-order valence-electron chi connectivity index (χ3n) is 2.83. The number of carbonyl (C=O) groups is 1. The molecule has 0 aliphatic heterocycles. The highest BCUT2D eigenvalue weighted by atomic mass is 35.5. The molecule has 1 amide bonds. The molecule has 0 unspecified atom stereocenters. The molecule has 2 N–H and O–H groups in total. The molecule has 0 fully saturated rings. The molecular weight excluding hydrogens is 294 g/mol. The highest BCUT2D eigenvalue weighted by Gasteiger charge is 2.15. The van der Waals surface area contributed by atoms with E-state index in [0.717, 1.165) is 10.6 Å². The maximum atomic E-state index is 12.2. The van der Waals surface area contributed by atoms with Gasteiger partial charge in [0.2, 0.25) is 0 Å². The molecule has 0 bridgehead atoms. The number of aromatic nitrogens is 1. The van der Waals surface area contributed by atoms with E-state index in [9.17, 15) is 4.79 Å². The van der Waals surface area contributed by atoms with E-state index >= 15 is 0 Å². The molecule has 1 aromatic carbocycles. The van der Waals surface area contributed by atoms with Gasteiger partial charge in [0.1, 0.15) is 10.7 Å². The number of nitrogens with zero attached hydrogens (tertiary/aromatic N) is 2. The molecule has 2 rings (SSSR count). The van der Waals surface area contributed by atoms with Gasteiger partial charge in [-0.05, 0) is 12.5 Å². The van der Waals surface area contributed by atoms with Gasteiger partial charge in [-0.15, -0.1) is 23.7 Å². The van der Waals surface area contributed by atoms with Crippen LogP contribution in [0.4, 0.5) is 0 Å². The van der Waals surface area contributed by atoms with E-state index in [0.29, 0.717) is 18.8 Å². The summed E-state index contributed by atoms with van der Waals surface area (Å²) in [6, 6.07) is 8.16. The molecule has 1 heterocycles. The van der Waals surface area contributed by atoms with Crippen LogP contribution in [0.2, 0.25) is 0 Å².